The van der Waals surface area contributed by atoms with E-state index < -0.39 is 0 Å². The minimum atomic E-state index is -0.218. The molecular weight excluding hydrogens is 270 g/mol. The summed E-state index contributed by atoms with van der Waals surface area (Å²) in [5.41, 5.74) is 1.57. The van der Waals surface area contributed by atoms with Crippen molar-refractivity contribution < 1.29 is 9.18 Å². The Morgan fingerprint density at radius 3 is 2.83 bits per heavy atom. The fourth-order valence-corrected chi connectivity index (χ4v) is 1.90. The molecule has 0 saturated carbocycles. The van der Waals surface area contributed by atoms with Crippen LogP contribution in [0, 0.1) is 9.39 Å². The fourth-order valence-electron chi connectivity index (χ4n) is 1.44. The van der Waals surface area contributed by atoms with E-state index in [0.717, 1.165) is 5.56 Å². The zero-order chi connectivity index (χ0) is 8.72. The smallest absolute Gasteiger partial charge is 0.163 e. The Balaban J connectivity index is 2.63. The van der Waals surface area contributed by atoms with Crippen molar-refractivity contribution in [3.8, 4) is 0 Å². The van der Waals surface area contributed by atoms with Gasteiger partial charge in [-0.25, -0.2) is 4.39 Å². The van der Waals surface area contributed by atoms with Gasteiger partial charge in [-0.1, -0.05) is 0 Å². The minimum Gasteiger partial charge on any atom is -0.294 e. The molecule has 12 heavy (non-hydrogen) atoms. The van der Waals surface area contributed by atoms with Gasteiger partial charge in [-0.2, -0.15) is 0 Å². The van der Waals surface area contributed by atoms with Gasteiger partial charge in [0.1, 0.15) is 5.82 Å². The van der Waals surface area contributed by atoms with E-state index in [2.05, 4.69) is 0 Å². The van der Waals surface area contributed by atoms with Gasteiger partial charge >= 0.3 is 0 Å². The minimum absolute atomic E-state index is 0.142. The molecule has 0 fully saturated rings. The predicted octanol–water partition coefficient (Wildman–Crippen LogP) is 2.56. The van der Waals surface area contributed by atoms with Crippen molar-refractivity contribution in [2.45, 2.75) is 12.8 Å². The number of ketones is 1. The van der Waals surface area contributed by atoms with Crippen LogP contribution in [0.5, 0.6) is 0 Å². The van der Waals surface area contributed by atoms with Crippen LogP contribution in [-0.4, -0.2) is 5.78 Å². The van der Waals surface area contributed by atoms with Gasteiger partial charge < -0.3 is 0 Å². The fraction of sp³-hybridized carbons (Fsp3) is 0.222. The van der Waals surface area contributed by atoms with Crippen molar-refractivity contribution in [3.05, 3.63) is 32.6 Å². The highest BCUT2D eigenvalue weighted by molar-refractivity contribution is 14.1. The van der Waals surface area contributed by atoms with Crippen LogP contribution in [0.15, 0.2) is 12.1 Å². The summed E-state index contributed by atoms with van der Waals surface area (Å²) in [5, 5.41) is 0. The maximum Gasteiger partial charge on any atom is 0.163 e. The molecule has 2 rings (SSSR count). The zero-order valence-corrected chi connectivity index (χ0v) is 8.39. The van der Waals surface area contributed by atoms with Crippen molar-refractivity contribution in [3.63, 3.8) is 0 Å². The van der Waals surface area contributed by atoms with Crippen molar-refractivity contribution in [2.24, 2.45) is 0 Å². The summed E-state index contributed by atoms with van der Waals surface area (Å²) in [7, 11) is 0. The second-order valence-electron chi connectivity index (χ2n) is 2.85. The van der Waals surface area contributed by atoms with Crippen molar-refractivity contribution in [1.29, 1.82) is 0 Å². The molecule has 1 aromatic carbocycles. The lowest BCUT2D eigenvalue weighted by Gasteiger charge is -1.99. The van der Waals surface area contributed by atoms with Crippen molar-refractivity contribution in [2.75, 3.05) is 0 Å². The summed E-state index contributed by atoms with van der Waals surface area (Å²) in [6, 6.07) is 3.11. The molecule has 0 N–H and O–H groups in total. The summed E-state index contributed by atoms with van der Waals surface area (Å²) in [6.07, 6.45) is 1.23. The molecule has 62 valence electrons. The van der Waals surface area contributed by atoms with E-state index in [9.17, 15) is 9.18 Å². The predicted molar refractivity (Wildman–Crippen MR) is 51.8 cm³/mol. The standard InChI is InChI=1S/C9H6FIO/c10-7-3-5-1-2-9(12)6(5)4-8(7)11/h3-4H,1-2H2. The first-order valence-corrected chi connectivity index (χ1v) is 4.77. The molecule has 1 nitrogen and oxygen atoms in total. The molecule has 0 aromatic heterocycles. The second-order valence-corrected chi connectivity index (χ2v) is 4.01. The van der Waals surface area contributed by atoms with Gasteiger partial charge in [-0.15, -0.1) is 0 Å². The van der Waals surface area contributed by atoms with Crippen molar-refractivity contribution in [1.82, 2.24) is 0 Å². The summed E-state index contributed by atoms with van der Waals surface area (Å²) in [6.45, 7) is 0. The molecule has 1 aliphatic carbocycles. The Bertz CT molecular complexity index is 360. The number of benzene rings is 1. The Kier molecular flexibility index (Phi) is 1.90. The van der Waals surface area contributed by atoms with E-state index in [4.69, 9.17) is 0 Å². The summed E-state index contributed by atoms with van der Waals surface area (Å²) < 4.78 is 13.5. The second kappa shape index (κ2) is 2.80. The normalized spacial score (nSPS) is 15.0. The van der Waals surface area contributed by atoms with Gasteiger partial charge in [0, 0.05) is 15.6 Å². The maximum atomic E-state index is 13.0. The van der Waals surface area contributed by atoms with E-state index >= 15 is 0 Å². The van der Waals surface area contributed by atoms with Crippen LogP contribution in [0.4, 0.5) is 4.39 Å². The third kappa shape index (κ3) is 1.16. The average Bonchev–Trinajstić information content (AvgIpc) is 2.35. The maximum absolute atomic E-state index is 13.0. The number of halogens is 2. The molecule has 0 amide bonds. The highest BCUT2D eigenvalue weighted by atomic mass is 127. The monoisotopic (exact) mass is 276 g/mol. The summed E-state index contributed by atoms with van der Waals surface area (Å²) in [4.78, 5) is 11.2. The number of hydrogen-bond acceptors (Lipinski definition) is 1. The molecule has 0 saturated heterocycles. The molecule has 1 aromatic rings. The molecule has 3 heteroatoms. The van der Waals surface area contributed by atoms with Gasteiger partial charge in [-0.05, 0) is 46.7 Å². The Morgan fingerprint density at radius 2 is 2.08 bits per heavy atom. The van der Waals surface area contributed by atoms with Crippen LogP contribution in [0.2, 0.25) is 0 Å². The van der Waals surface area contributed by atoms with Crippen LogP contribution in [0.1, 0.15) is 22.3 Å². The molecule has 0 radical (unpaired) electrons. The molecular formula is C9H6FIO. The van der Waals surface area contributed by atoms with Gasteiger partial charge in [0.05, 0.1) is 0 Å². The molecule has 0 atom stereocenters. The molecule has 0 aliphatic heterocycles. The molecule has 0 spiro atoms. The molecule has 0 bridgehead atoms. The number of carbonyl (C=O) groups excluding carboxylic acids is 1. The van der Waals surface area contributed by atoms with Gasteiger partial charge in [0.2, 0.25) is 0 Å². The summed E-state index contributed by atoms with van der Waals surface area (Å²) in [5.74, 6) is -0.0769. The average molecular weight is 276 g/mol. The largest absolute Gasteiger partial charge is 0.294 e. The van der Waals surface area contributed by atoms with E-state index in [1.165, 1.54) is 6.07 Å². The Hall–Kier alpha value is -0.450. The first kappa shape index (κ1) is 8.16. The van der Waals surface area contributed by atoms with Crippen LogP contribution in [-0.2, 0) is 6.42 Å². The van der Waals surface area contributed by atoms with E-state index in [1.54, 1.807) is 6.07 Å². The summed E-state index contributed by atoms with van der Waals surface area (Å²) >= 11 is 1.90. The van der Waals surface area contributed by atoms with E-state index in [1.807, 2.05) is 22.6 Å². The lowest BCUT2D eigenvalue weighted by atomic mass is 10.1. The lowest BCUT2D eigenvalue weighted by Crippen LogP contribution is -1.93. The molecule has 0 heterocycles. The number of Topliss-reactive ketones (excluding diaryl/α,β-unsaturated/α-hetero) is 1. The lowest BCUT2D eigenvalue weighted by molar-refractivity contribution is 0.0994. The third-order valence-corrected chi connectivity index (χ3v) is 2.89. The number of fused-ring (bicyclic) bond motifs is 1. The van der Waals surface area contributed by atoms with Crippen LogP contribution >= 0.6 is 22.6 Å². The van der Waals surface area contributed by atoms with E-state index in [-0.39, 0.29) is 11.6 Å². The Morgan fingerprint density at radius 1 is 1.33 bits per heavy atom. The van der Waals surface area contributed by atoms with E-state index in [0.29, 0.717) is 22.0 Å². The highest BCUT2D eigenvalue weighted by Crippen LogP contribution is 2.25. The quantitative estimate of drug-likeness (QED) is 0.665. The number of carbonyl (C=O) groups is 1. The van der Waals surface area contributed by atoms with Crippen LogP contribution in [0.3, 0.4) is 0 Å². The number of hydrogen-bond donors (Lipinski definition) is 0. The van der Waals surface area contributed by atoms with Gasteiger partial charge in [0.25, 0.3) is 0 Å². The van der Waals surface area contributed by atoms with Crippen LogP contribution in [0.25, 0.3) is 0 Å². The zero-order valence-electron chi connectivity index (χ0n) is 6.23. The number of rotatable bonds is 0. The molecule has 0 unspecified atom stereocenters. The highest BCUT2D eigenvalue weighted by Gasteiger charge is 2.20. The van der Waals surface area contributed by atoms with Gasteiger partial charge in [0.15, 0.2) is 5.78 Å². The number of aryl methyl sites for hydroxylation is 1. The first-order valence-electron chi connectivity index (χ1n) is 3.69. The molecule has 1 aliphatic rings. The SMILES string of the molecule is O=C1CCc2cc(F)c(I)cc21. The topological polar surface area (TPSA) is 17.1 Å². The van der Waals surface area contributed by atoms with Crippen molar-refractivity contribution >= 4 is 28.4 Å². The van der Waals surface area contributed by atoms with Gasteiger partial charge in [-0.3, -0.25) is 4.79 Å². The first-order chi connectivity index (χ1) is 5.68. The van der Waals surface area contributed by atoms with Crippen LogP contribution < -0.4 is 0 Å². The Labute approximate surface area is 83.1 Å². The third-order valence-electron chi connectivity index (χ3n) is 2.07.